The van der Waals surface area contributed by atoms with Crippen LogP contribution in [0.2, 0.25) is 0 Å². The number of rotatable bonds is 9. The Morgan fingerprint density at radius 1 is 1.16 bits per heavy atom. The maximum Gasteiger partial charge on any atom is 0.261 e. The molecule has 4 heterocycles. The highest BCUT2D eigenvalue weighted by atomic mass is 32.1. The Hall–Kier alpha value is -3.57. The second-order valence-corrected chi connectivity index (χ2v) is 10.2. The minimum Gasteiger partial charge on any atom is -0.394 e. The van der Waals surface area contributed by atoms with Crippen molar-refractivity contribution in [3.8, 4) is 0 Å². The number of nitrogens with two attached hydrogens (primary N) is 1. The topological polar surface area (TPSA) is 126 Å². The van der Waals surface area contributed by atoms with Gasteiger partial charge in [0.2, 0.25) is 11.9 Å². The van der Waals surface area contributed by atoms with E-state index in [1.807, 2.05) is 31.2 Å². The molecule has 0 bridgehead atoms. The highest BCUT2D eigenvalue weighted by Gasteiger charge is 2.23. The van der Waals surface area contributed by atoms with Crippen molar-refractivity contribution in [2.24, 2.45) is 5.16 Å². The molecule has 2 fully saturated rings. The minimum atomic E-state index is -0.171. The predicted octanol–water partition coefficient (Wildman–Crippen LogP) is 3.01. The van der Waals surface area contributed by atoms with Gasteiger partial charge in [-0.2, -0.15) is 0 Å². The lowest BCUT2D eigenvalue weighted by Gasteiger charge is -2.16. The van der Waals surface area contributed by atoms with Gasteiger partial charge >= 0.3 is 0 Å². The molecule has 11 heteroatoms. The van der Waals surface area contributed by atoms with E-state index in [4.69, 9.17) is 10.6 Å². The van der Waals surface area contributed by atoms with E-state index < -0.39 is 0 Å². The number of carbonyl (C=O) groups excluding carboxylic acids is 2. The van der Waals surface area contributed by atoms with Crippen LogP contribution in [0.3, 0.4) is 0 Å². The first-order chi connectivity index (χ1) is 18.0. The Bertz CT molecular complexity index is 1320. The molecule has 5 rings (SSSR count). The van der Waals surface area contributed by atoms with Gasteiger partial charge in [-0.05, 0) is 57.5 Å². The Kier molecular flexibility index (Phi) is 7.61. The molecule has 3 aromatic rings. The number of likely N-dealkylation sites (tertiary alicyclic amines) is 1. The summed E-state index contributed by atoms with van der Waals surface area (Å²) in [6, 6.07) is 9.41. The number of amides is 2. The molecule has 1 aromatic carbocycles. The summed E-state index contributed by atoms with van der Waals surface area (Å²) in [5, 5.41) is 8.02. The van der Waals surface area contributed by atoms with Gasteiger partial charge in [0.05, 0.1) is 4.88 Å². The predicted molar refractivity (Wildman–Crippen MR) is 145 cm³/mol. The zero-order valence-electron chi connectivity index (χ0n) is 20.9. The molecule has 0 atom stereocenters. The fraction of sp³-hybridized carbons (Fsp3) is 0.423. The SMILES string of the molecule is CCNC(=O)c1cc2c(/C(=N/OCCN3CCCC3)c3ccc(N4CCCC4=O)cc3)nc(N)nc2s1. The first kappa shape index (κ1) is 25.1. The molecule has 2 amide bonds. The number of anilines is 2. The van der Waals surface area contributed by atoms with Crippen molar-refractivity contribution in [1.82, 2.24) is 20.2 Å². The van der Waals surface area contributed by atoms with Crippen LogP contribution in [0, 0.1) is 0 Å². The van der Waals surface area contributed by atoms with Crippen LogP contribution in [-0.2, 0) is 9.63 Å². The standard InChI is InChI=1S/C26H31N7O3S/c1-2-28-24(35)20-16-19-23(29-26(27)30-25(19)37-20)22(31-36-15-14-32-11-3-4-12-32)17-7-9-18(10-8-17)33-13-5-6-21(33)34/h7-10,16H,2-6,11-15H2,1H3,(H,28,35)(H2,27,29,30)/b31-22+. The number of benzene rings is 1. The third-order valence-corrected chi connectivity index (χ3v) is 7.60. The van der Waals surface area contributed by atoms with Gasteiger partial charge in [0.25, 0.3) is 5.91 Å². The first-order valence-electron chi connectivity index (χ1n) is 12.7. The number of hydrogen-bond donors (Lipinski definition) is 2. The van der Waals surface area contributed by atoms with Gasteiger partial charge in [0.15, 0.2) is 0 Å². The van der Waals surface area contributed by atoms with E-state index in [9.17, 15) is 9.59 Å². The fourth-order valence-electron chi connectivity index (χ4n) is 4.72. The second-order valence-electron chi connectivity index (χ2n) is 9.14. The van der Waals surface area contributed by atoms with Gasteiger partial charge in [0, 0.05) is 42.7 Å². The second kappa shape index (κ2) is 11.2. The normalized spacial score (nSPS) is 16.6. The van der Waals surface area contributed by atoms with Crippen molar-refractivity contribution in [3.05, 3.63) is 46.5 Å². The van der Waals surface area contributed by atoms with Gasteiger partial charge in [-0.1, -0.05) is 17.3 Å². The van der Waals surface area contributed by atoms with Crippen molar-refractivity contribution in [1.29, 1.82) is 0 Å². The van der Waals surface area contributed by atoms with Crippen LogP contribution in [0.15, 0.2) is 35.5 Å². The Balaban J connectivity index is 1.50. The lowest BCUT2D eigenvalue weighted by atomic mass is 10.0. The number of fused-ring (bicyclic) bond motifs is 1. The number of nitrogen functional groups attached to an aromatic ring is 1. The maximum absolute atomic E-state index is 12.5. The summed E-state index contributed by atoms with van der Waals surface area (Å²) in [5.74, 6) is 0.0548. The Morgan fingerprint density at radius 2 is 1.95 bits per heavy atom. The van der Waals surface area contributed by atoms with Crippen molar-refractivity contribution >= 4 is 50.7 Å². The molecular formula is C26H31N7O3S. The molecule has 2 aromatic heterocycles. The van der Waals surface area contributed by atoms with Crippen molar-refractivity contribution in [3.63, 3.8) is 0 Å². The Morgan fingerprint density at radius 3 is 2.65 bits per heavy atom. The molecule has 3 N–H and O–H groups in total. The van der Waals surface area contributed by atoms with E-state index in [0.29, 0.717) is 46.1 Å². The number of carbonyl (C=O) groups is 2. The van der Waals surface area contributed by atoms with Gasteiger partial charge in [-0.3, -0.25) is 14.5 Å². The molecule has 0 saturated carbocycles. The summed E-state index contributed by atoms with van der Waals surface area (Å²) < 4.78 is 0. The molecule has 2 aliphatic heterocycles. The molecule has 37 heavy (non-hydrogen) atoms. The summed E-state index contributed by atoms with van der Waals surface area (Å²) in [7, 11) is 0. The van der Waals surface area contributed by atoms with E-state index in [-0.39, 0.29) is 17.8 Å². The molecule has 2 saturated heterocycles. The third-order valence-electron chi connectivity index (χ3n) is 6.57. The third kappa shape index (κ3) is 5.57. The van der Waals surface area contributed by atoms with Gasteiger partial charge < -0.3 is 20.8 Å². The summed E-state index contributed by atoms with van der Waals surface area (Å²) in [6.45, 7) is 6.53. The van der Waals surface area contributed by atoms with Crippen LogP contribution in [0.25, 0.3) is 10.2 Å². The summed E-state index contributed by atoms with van der Waals surface area (Å²) in [4.78, 5) is 44.7. The molecule has 0 radical (unpaired) electrons. The molecule has 0 aliphatic carbocycles. The highest BCUT2D eigenvalue weighted by Crippen LogP contribution is 2.29. The Labute approximate surface area is 219 Å². The molecular weight excluding hydrogens is 490 g/mol. The summed E-state index contributed by atoms with van der Waals surface area (Å²) >= 11 is 1.26. The monoisotopic (exact) mass is 521 g/mol. The summed E-state index contributed by atoms with van der Waals surface area (Å²) in [6.07, 6.45) is 3.86. The van der Waals surface area contributed by atoms with Gasteiger partial charge in [-0.25, -0.2) is 9.97 Å². The highest BCUT2D eigenvalue weighted by molar-refractivity contribution is 7.20. The van der Waals surface area contributed by atoms with Crippen molar-refractivity contribution < 1.29 is 14.4 Å². The van der Waals surface area contributed by atoms with Crippen LogP contribution in [-0.4, -0.2) is 71.7 Å². The van der Waals surface area contributed by atoms with Gasteiger partial charge in [0.1, 0.15) is 22.8 Å². The fourth-order valence-corrected chi connectivity index (χ4v) is 5.67. The average molecular weight is 522 g/mol. The van der Waals surface area contributed by atoms with Crippen LogP contribution in [0.5, 0.6) is 0 Å². The minimum absolute atomic E-state index is 0.0934. The van der Waals surface area contributed by atoms with Crippen LogP contribution >= 0.6 is 11.3 Å². The number of nitrogens with one attached hydrogen (secondary N) is 1. The quantitative estimate of drug-likeness (QED) is 0.252. The molecule has 10 nitrogen and oxygen atoms in total. The zero-order chi connectivity index (χ0) is 25.8. The van der Waals surface area contributed by atoms with Crippen LogP contribution in [0.4, 0.5) is 11.6 Å². The van der Waals surface area contributed by atoms with E-state index in [1.165, 1.54) is 24.2 Å². The van der Waals surface area contributed by atoms with Crippen LogP contribution in [0.1, 0.15) is 53.5 Å². The zero-order valence-corrected chi connectivity index (χ0v) is 21.7. The molecule has 2 aliphatic rings. The number of thiophene rings is 1. The molecule has 0 unspecified atom stereocenters. The summed E-state index contributed by atoms with van der Waals surface area (Å²) in [5.41, 5.74) is 8.70. The largest absolute Gasteiger partial charge is 0.394 e. The molecule has 0 spiro atoms. The van der Waals surface area contributed by atoms with Crippen molar-refractivity contribution in [2.75, 3.05) is 50.0 Å². The first-order valence-corrected chi connectivity index (χ1v) is 13.5. The lowest BCUT2D eigenvalue weighted by molar-refractivity contribution is -0.117. The van der Waals surface area contributed by atoms with Crippen LogP contribution < -0.4 is 16.0 Å². The smallest absolute Gasteiger partial charge is 0.261 e. The number of oxime groups is 1. The van der Waals surface area contributed by atoms with Crippen molar-refractivity contribution in [2.45, 2.75) is 32.6 Å². The average Bonchev–Trinajstić information content (AvgIpc) is 3.65. The lowest BCUT2D eigenvalue weighted by Crippen LogP contribution is -2.24. The number of hydrogen-bond acceptors (Lipinski definition) is 9. The number of aromatic nitrogens is 2. The van der Waals surface area contributed by atoms with E-state index in [1.54, 1.807) is 11.0 Å². The molecule has 194 valence electrons. The van der Waals surface area contributed by atoms with E-state index in [0.717, 1.165) is 43.9 Å². The van der Waals surface area contributed by atoms with E-state index >= 15 is 0 Å². The van der Waals surface area contributed by atoms with Gasteiger partial charge in [-0.15, -0.1) is 11.3 Å². The number of nitrogens with zero attached hydrogens (tertiary/aromatic N) is 5. The maximum atomic E-state index is 12.5. The van der Waals surface area contributed by atoms with E-state index in [2.05, 4.69) is 25.3 Å².